The van der Waals surface area contributed by atoms with Crippen molar-refractivity contribution in [2.24, 2.45) is 34.5 Å². The fourth-order valence-electron chi connectivity index (χ4n) is 10.3. The smallest absolute Gasteiger partial charge is 0.0751 e. The van der Waals surface area contributed by atoms with Crippen LogP contribution in [0.15, 0.2) is 0 Å². The maximum absolute atomic E-state index is 11.7. The molecule has 5 heteroatoms. The average Bonchev–Trinajstić information content (AvgIpc) is 3.00. The number of nitrogens with zero attached hydrogens (tertiary/aromatic N) is 2. The third-order valence-electron chi connectivity index (χ3n) is 12.3. The zero-order chi connectivity index (χ0) is 23.5. The average molecular weight is 475 g/mol. The molecule has 2 saturated heterocycles. The highest BCUT2D eigenvalue weighted by Crippen LogP contribution is 2.66. The highest BCUT2D eigenvalue weighted by atomic mass is 16.5. The first-order chi connectivity index (χ1) is 16.4. The first-order valence-corrected chi connectivity index (χ1v) is 14.8. The zero-order valence-electron chi connectivity index (χ0n) is 21.8. The summed E-state index contributed by atoms with van der Waals surface area (Å²) < 4.78 is 5.63. The van der Waals surface area contributed by atoms with Crippen LogP contribution in [0.5, 0.6) is 0 Å². The Balaban J connectivity index is 1.23. The second kappa shape index (κ2) is 9.28. The van der Waals surface area contributed by atoms with Crippen molar-refractivity contribution in [3.8, 4) is 0 Å². The Labute approximate surface area is 207 Å². The minimum Gasteiger partial charge on any atom is -0.391 e. The van der Waals surface area contributed by atoms with Crippen molar-refractivity contribution in [3.63, 3.8) is 0 Å². The summed E-state index contributed by atoms with van der Waals surface area (Å²) >= 11 is 0. The van der Waals surface area contributed by atoms with Crippen LogP contribution in [-0.2, 0) is 4.74 Å². The summed E-state index contributed by atoms with van der Waals surface area (Å²) in [6.07, 6.45) is 13.4. The van der Waals surface area contributed by atoms with E-state index >= 15 is 0 Å². The van der Waals surface area contributed by atoms with E-state index in [4.69, 9.17) is 4.74 Å². The van der Waals surface area contributed by atoms with Gasteiger partial charge in [-0.2, -0.15) is 0 Å². The van der Waals surface area contributed by atoms with Gasteiger partial charge in [0, 0.05) is 25.2 Å². The molecule has 2 N–H and O–H groups in total. The predicted octanol–water partition coefficient (Wildman–Crippen LogP) is 3.92. The van der Waals surface area contributed by atoms with Crippen molar-refractivity contribution in [2.75, 3.05) is 39.4 Å². The minimum atomic E-state index is -0.178. The third-order valence-corrected chi connectivity index (χ3v) is 12.3. The van der Waals surface area contributed by atoms with Gasteiger partial charge in [-0.1, -0.05) is 26.7 Å². The fraction of sp³-hybridized carbons (Fsp3) is 1.00. The van der Waals surface area contributed by atoms with Gasteiger partial charge in [0.15, 0.2) is 0 Å². The number of aliphatic hydroxyl groups excluding tert-OH is 2. The van der Waals surface area contributed by atoms with Crippen LogP contribution in [0, 0.1) is 34.5 Å². The first kappa shape index (κ1) is 24.2. The Morgan fingerprint density at radius 3 is 2.18 bits per heavy atom. The molecule has 2 aliphatic heterocycles. The standard InChI is InChI=1S/C29H50N2O3/c1-28-10-9-22-21(23(28)18-24(27(28)33)30-11-5-3-4-6-12-30)8-7-20-17-26(32)25(19-29(20,22)2)31-13-15-34-16-14-31/h20-27,32-33H,3-19H2,1-2H3/t20?,21-,22-,23+,24?,25?,26?,27?,28+,29+/m1/s1. The molecule has 6 fully saturated rings. The molecule has 5 nitrogen and oxygen atoms in total. The Morgan fingerprint density at radius 1 is 0.735 bits per heavy atom. The van der Waals surface area contributed by atoms with Crippen LogP contribution in [0.2, 0.25) is 0 Å². The predicted molar refractivity (Wildman–Crippen MR) is 135 cm³/mol. The molecule has 194 valence electrons. The minimum absolute atomic E-state index is 0.0964. The van der Waals surface area contributed by atoms with Gasteiger partial charge in [-0.05, 0) is 105 Å². The summed E-state index contributed by atoms with van der Waals surface area (Å²) in [5.74, 6) is 2.85. The highest BCUT2D eigenvalue weighted by Gasteiger charge is 2.63. The normalized spacial score (nSPS) is 52.9. The molecule has 0 aromatic carbocycles. The van der Waals surface area contributed by atoms with Gasteiger partial charge in [0.05, 0.1) is 25.4 Å². The van der Waals surface area contributed by atoms with Gasteiger partial charge in [-0.3, -0.25) is 9.80 Å². The molecule has 0 bridgehead atoms. The lowest BCUT2D eigenvalue weighted by Crippen LogP contribution is -2.61. The maximum Gasteiger partial charge on any atom is 0.0751 e. The van der Waals surface area contributed by atoms with Gasteiger partial charge in [-0.15, -0.1) is 0 Å². The van der Waals surface area contributed by atoms with Crippen LogP contribution >= 0.6 is 0 Å². The van der Waals surface area contributed by atoms with Crippen LogP contribution in [0.4, 0.5) is 0 Å². The summed E-state index contributed by atoms with van der Waals surface area (Å²) in [4.78, 5) is 5.23. The lowest BCUT2D eigenvalue weighted by Gasteiger charge is -2.62. The Bertz CT molecular complexity index is 720. The second-order valence-corrected chi connectivity index (χ2v) is 13.6. The molecule has 0 spiro atoms. The monoisotopic (exact) mass is 474 g/mol. The van der Waals surface area contributed by atoms with Crippen molar-refractivity contribution in [1.29, 1.82) is 0 Å². The fourth-order valence-corrected chi connectivity index (χ4v) is 10.3. The molecule has 2 heterocycles. The lowest BCUT2D eigenvalue weighted by atomic mass is 9.44. The molecule has 34 heavy (non-hydrogen) atoms. The summed E-state index contributed by atoms with van der Waals surface area (Å²) in [6, 6.07) is 0.683. The molecule has 6 aliphatic rings. The molecular formula is C29H50N2O3. The molecule has 10 atom stereocenters. The Hall–Kier alpha value is -0.200. The number of morpholine rings is 1. The molecule has 0 amide bonds. The van der Waals surface area contributed by atoms with E-state index in [1.165, 1.54) is 70.9 Å². The van der Waals surface area contributed by atoms with E-state index in [2.05, 4.69) is 23.6 Å². The Morgan fingerprint density at radius 2 is 1.44 bits per heavy atom. The summed E-state index contributed by atoms with van der Waals surface area (Å²) in [5, 5.41) is 22.9. The number of hydrogen-bond donors (Lipinski definition) is 2. The molecule has 0 aromatic rings. The van der Waals surface area contributed by atoms with E-state index in [9.17, 15) is 10.2 Å². The topological polar surface area (TPSA) is 56.2 Å². The van der Waals surface area contributed by atoms with E-state index in [1.807, 2.05) is 0 Å². The molecule has 0 radical (unpaired) electrons. The molecule has 0 aromatic heterocycles. The summed E-state index contributed by atoms with van der Waals surface area (Å²) in [7, 11) is 0. The van der Waals surface area contributed by atoms with Crippen LogP contribution in [-0.4, -0.2) is 83.7 Å². The van der Waals surface area contributed by atoms with Gasteiger partial charge >= 0.3 is 0 Å². The van der Waals surface area contributed by atoms with Crippen LogP contribution in [0.3, 0.4) is 0 Å². The molecule has 4 aliphatic carbocycles. The van der Waals surface area contributed by atoms with Crippen LogP contribution in [0.25, 0.3) is 0 Å². The SMILES string of the molecule is C[C@]12CC(N3CCOCC3)C(O)CC1CC[C@@H]1[C@H]2CC[C@]2(C)C(O)C(N3CCCCCC3)C[C@@H]12. The zero-order valence-corrected chi connectivity index (χ0v) is 21.8. The molecule has 6 rings (SSSR count). The Kier molecular flexibility index (Phi) is 6.59. The number of hydrogen-bond acceptors (Lipinski definition) is 5. The van der Waals surface area contributed by atoms with Gasteiger partial charge in [0.2, 0.25) is 0 Å². The van der Waals surface area contributed by atoms with E-state index in [1.54, 1.807) is 0 Å². The van der Waals surface area contributed by atoms with Gasteiger partial charge < -0.3 is 14.9 Å². The van der Waals surface area contributed by atoms with Crippen molar-refractivity contribution >= 4 is 0 Å². The quantitative estimate of drug-likeness (QED) is 0.635. The third kappa shape index (κ3) is 3.83. The van der Waals surface area contributed by atoms with Crippen molar-refractivity contribution in [2.45, 2.75) is 109 Å². The van der Waals surface area contributed by atoms with E-state index in [0.717, 1.165) is 51.0 Å². The highest BCUT2D eigenvalue weighted by molar-refractivity contribution is 5.14. The first-order valence-electron chi connectivity index (χ1n) is 14.8. The second-order valence-electron chi connectivity index (χ2n) is 13.6. The van der Waals surface area contributed by atoms with Gasteiger partial charge in [0.25, 0.3) is 0 Å². The maximum atomic E-state index is 11.7. The van der Waals surface area contributed by atoms with Crippen molar-refractivity contribution in [1.82, 2.24) is 9.80 Å². The summed E-state index contributed by atoms with van der Waals surface area (Å²) in [6.45, 7) is 11.0. The van der Waals surface area contributed by atoms with Crippen molar-refractivity contribution < 1.29 is 14.9 Å². The van der Waals surface area contributed by atoms with Gasteiger partial charge in [-0.25, -0.2) is 0 Å². The number of likely N-dealkylation sites (tertiary alicyclic amines) is 1. The van der Waals surface area contributed by atoms with Crippen LogP contribution < -0.4 is 0 Å². The molecular weight excluding hydrogens is 424 g/mol. The van der Waals surface area contributed by atoms with Gasteiger partial charge in [0.1, 0.15) is 0 Å². The summed E-state index contributed by atoms with van der Waals surface area (Å²) in [5.41, 5.74) is 0.428. The molecule has 5 unspecified atom stereocenters. The number of rotatable bonds is 2. The lowest BCUT2D eigenvalue weighted by molar-refractivity contribution is -0.158. The number of ether oxygens (including phenoxy) is 1. The van der Waals surface area contributed by atoms with E-state index in [-0.39, 0.29) is 17.6 Å². The van der Waals surface area contributed by atoms with Crippen molar-refractivity contribution in [3.05, 3.63) is 0 Å². The van der Waals surface area contributed by atoms with Crippen LogP contribution in [0.1, 0.15) is 84.5 Å². The number of aliphatic hydroxyl groups is 2. The van der Waals surface area contributed by atoms with E-state index < -0.39 is 0 Å². The van der Waals surface area contributed by atoms with E-state index in [0.29, 0.717) is 29.3 Å². The molecule has 4 saturated carbocycles. The number of fused-ring (bicyclic) bond motifs is 5. The largest absolute Gasteiger partial charge is 0.391 e.